The van der Waals surface area contributed by atoms with Gasteiger partial charge in [-0.1, -0.05) is 37.0 Å². The van der Waals surface area contributed by atoms with E-state index in [4.69, 9.17) is 23.2 Å². The van der Waals surface area contributed by atoms with Crippen molar-refractivity contribution in [2.24, 2.45) is 17.3 Å². The highest BCUT2D eigenvalue weighted by atomic mass is 35.5. The second kappa shape index (κ2) is 8.17. The average molecular weight is 469 g/mol. The smallest absolute Gasteiger partial charge is 0.263 e. The van der Waals surface area contributed by atoms with Crippen LogP contribution in [0.2, 0.25) is 0 Å². The van der Waals surface area contributed by atoms with Gasteiger partial charge in [0.2, 0.25) is 5.91 Å². The van der Waals surface area contributed by atoms with Crippen LogP contribution in [0.5, 0.6) is 0 Å². The zero-order valence-electron chi connectivity index (χ0n) is 16.9. The van der Waals surface area contributed by atoms with E-state index >= 15 is 0 Å². The molecule has 7 nitrogen and oxygen atoms in total. The molecule has 160 valence electrons. The third-order valence-corrected chi connectivity index (χ3v) is 6.76. The van der Waals surface area contributed by atoms with Crippen LogP contribution in [0.1, 0.15) is 25.4 Å². The average Bonchev–Trinajstić information content (AvgIpc) is 3.13. The lowest BCUT2D eigenvalue weighted by Crippen LogP contribution is -2.17. The van der Waals surface area contributed by atoms with E-state index in [0.29, 0.717) is 17.2 Å². The van der Waals surface area contributed by atoms with Gasteiger partial charge in [0.05, 0.1) is 10.8 Å². The number of hydrogen-bond donors (Lipinski definition) is 2. The Kier molecular flexibility index (Phi) is 6.13. The number of carbonyl (C=O) groups excluding carboxylic acids is 1. The molecule has 1 fully saturated rings. The molecule has 1 aliphatic carbocycles. The summed E-state index contributed by atoms with van der Waals surface area (Å²) in [4.78, 5) is 20.9. The maximum Gasteiger partial charge on any atom is 0.263 e. The lowest BCUT2D eigenvalue weighted by molar-refractivity contribution is -0.118. The van der Waals surface area contributed by atoms with Crippen molar-refractivity contribution in [2.45, 2.75) is 32.6 Å². The van der Waals surface area contributed by atoms with E-state index < -0.39 is 10.0 Å². The Morgan fingerprint density at radius 2 is 1.77 bits per heavy atom. The second-order valence-electron chi connectivity index (χ2n) is 7.84. The van der Waals surface area contributed by atoms with Crippen molar-refractivity contribution in [2.75, 3.05) is 10.0 Å². The molecule has 0 unspecified atom stereocenters. The molecule has 1 heterocycles. The van der Waals surface area contributed by atoms with Crippen LogP contribution in [0, 0.1) is 31.1 Å². The Bertz CT molecular complexity index is 1090. The summed E-state index contributed by atoms with van der Waals surface area (Å²) < 4.78 is 27.8. The van der Waals surface area contributed by atoms with Gasteiger partial charge in [-0.2, -0.15) is 0 Å². The summed E-state index contributed by atoms with van der Waals surface area (Å²) in [6.45, 7) is 7.37. The maximum absolute atomic E-state index is 12.6. The molecule has 2 aromatic rings. The van der Waals surface area contributed by atoms with Crippen LogP contribution in [-0.4, -0.2) is 24.3 Å². The molecule has 0 spiro atoms. The minimum atomic E-state index is -3.83. The van der Waals surface area contributed by atoms with E-state index in [1.54, 1.807) is 26.0 Å². The highest BCUT2D eigenvalue weighted by Gasteiger charge is 2.60. The summed E-state index contributed by atoms with van der Waals surface area (Å²) in [5.74, 6) is 0.185. The Hall–Kier alpha value is -2.16. The highest BCUT2D eigenvalue weighted by Crippen LogP contribution is 2.60. The van der Waals surface area contributed by atoms with Crippen molar-refractivity contribution < 1.29 is 13.2 Å². The van der Waals surface area contributed by atoms with E-state index in [2.05, 4.69) is 20.0 Å². The second-order valence-corrected chi connectivity index (χ2v) is 10.5. The summed E-state index contributed by atoms with van der Waals surface area (Å²) in [5.41, 5.74) is 0.903. The predicted molar refractivity (Wildman–Crippen MR) is 118 cm³/mol. The number of hydrogen-bond acceptors (Lipinski definition) is 5. The molecule has 2 N–H and O–H groups in total. The van der Waals surface area contributed by atoms with E-state index in [1.807, 2.05) is 13.8 Å². The van der Waals surface area contributed by atoms with Gasteiger partial charge in [0, 0.05) is 17.4 Å². The fraction of sp³-hybridized carbons (Fsp3) is 0.350. The molecule has 0 aliphatic heterocycles. The predicted octanol–water partition coefficient (Wildman–Crippen LogP) is 4.42. The SMILES string of the molecule is Cc1cc(NS(=O)(=O)c2ccc(NC(=O)[C@H]3[C@H](C=C(Cl)Cl)C3(C)C)cc2)nc(C)n1. The number of anilines is 2. The van der Waals surface area contributed by atoms with E-state index in [0.717, 1.165) is 0 Å². The van der Waals surface area contributed by atoms with Gasteiger partial charge < -0.3 is 5.32 Å². The zero-order valence-corrected chi connectivity index (χ0v) is 19.2. The largest absolute Gasteiger partial charge is 0.326 e. The Labute approximate surface area is 186 Å². The van der Waals surface area contributed by atoms with Crippen LogP contribution < -0.4 is 10.0 Å². The third kappa shape index (κ3) is 4.94. The summed E-state index contributed by atoms with van der Waals surface area (Å²) >= 11 is 11.5. The summed E-state index contributed by atoms with van der Waals surface area (Å²) in [6.07, 6.45) is 1.67. The maximum atomic E-state index is 12.6. The Balaban J connectivity index is 1.70. The number of allylic oxidation sites excluding steroid dienone is 1. The number of aromatic nitrogens is 2. The first-order valence-electron chi connectivity index (χ1n) is 9.19. The normalized spacial score (nSPS) is 19.7. The fourth-order valence-corrected chi connectivity index (χ4v) is 4.79. The Morgan fingerprint density at radius 3 is 2.33 bits per heavy atom. The number of sulfonamides is 1. The van der Waals surface area contributed by atoms with Gasteiger partial charge in [-0.25, -0.2) is 18.4 Å². The van der Waals surface area contributed by atoms with Gasteiger partial charge in [0.25, 0.3) is 10.0 Å². The van der Waals surface area contributed by atoms with Crippen molar-refractivity contribution in [1.82, 2.24) is 9.97 Å². The molecule has 0 saturated heterocycles. The monoisotopic (exact) mass is 468 g/mol. The van der Waals surface area contributed by atoms with Crippen LogP contribution in [-0.2, 0) is 14.8 Å². The molecule has 1 aliphatic rings. The van der Waals surface area contributed by atoms with Gasteiger partial charge in [-0.3, -0.25) is 9.52 Å². The van der Waals surface area contributed by atoms with Gasteiger partial charge in [-0.05, 0) is 55.5 Å². The molecule has 3 rings (SSSR count). The first-order chi connectivity index (χ1) is 13.9. The molecule has 0 bridgehead atoms. The molecule has 1 aromatic carbocycles. The number of rotatable bonds is 6. The van der Waals surface area contributed by atoms with Crippen LogP contribution in [0.25, 0.3) is 0 Å². The number of amides is 1. The lowest BCUT2D eigenvalue weighted by Gasteiger charge is -2.10. The van der Waals surface area contributed by atoms with Crippen molar-refractivity contribution in [3.63, 3.8) is 0 Å². The molecule has 1 saturated carbocycles. The number of halogens is 2. The van der Waals surface area contributed by atoms with E-state index in [9.17, 15) is 13.2 Å². The third-order valence-electron chi connectivity index (χ3n) is 5.14. The van der Waals surface area contributed by atoms with Gasteiger partial charge in [0.1, 0.15) is 16.1 Å². The van der Waals surface area contributed by atoms with E-state index in [-0.39, 0.29) is 38.4 Å². The van der Waals surface area contributed by atoms with Crippen molar-refractivity contribution in [3.8, 4) is 0 Å². The van der Waals surface area contributed by atoms with Gasteiger partial charge in [0.15, 0.2) is 0 Å². The molecule has 0 radical (unpaired) electrons. The quantitative estimate of drug-likeness (QED) is 0.652. The topological polar surface area (TPSA) is 101 Å². The summed E-state index contributed by atoms with van der Waals surface area (Å²) in [5, 5.41) is 2.82. The summed E-state index contributed by atoms with van der Waals surface area (Å²) in [6, 6.07) is 7.47. The summed E-state index contributed by atoms with van der Waals surface area (Å²) in [7, 11) is -3.83. The fourth-order valence-electron chi connectivity index (χ4n) is 3.53. The van der Waals surface area contributed by atoms with Crippen molar-refractivity contribution >= 4 is 50.6 Å². The minimum absolute atomic E-state index is 0.0499. The Morgan fingerprint density at radius 1 is 1.13 bits per heavy atom. The number of nitrogens with zero attached hydrogens (tertiary/aromatic N) is 2. The van der Waals surface area contributed by atoms with Gasteiger partial charge >= 0.3 is 0 Å². The number of nitrogens with one attached hydrogen (secondary N) is 2. The van der Waals surface area contributed by atoms with Crippen LogP contribution >= 0.6 is 23.2 Å². The van der Waals surface area contributed by atoms with Crippen LogP contribution in [0.15, 0.2) is 45.8 Å². The van der Waals surface area contributed by atoms with Crippen LogP contribution in [0.4, 0.5) is 11.5 Å². The molecular weight excluding hydrogens is 447 g/mol. The van der Waals surface area contributed by atoms with Gasteiger partial charge in [-0.15, -0.1) is 0 Å². The first-order valence-corrected chi connectivity index (χ1v) is 11.4. The highest BCUT2D eigenvalue weighted by molar-refractivity contribution is 7.92. The molecule has 10 heteroatoms. The number of aryl methyl sites for hydroxylation is 2. The molecule has 2 atom stereocenters. The molecule has 30 heavy (non-hydrogen) atoms. The standard InChI is InChI=1S/C20H22Cl2N4O3S/c1-11-9-17(24-12(2)23-11)26-30(28,29)14-7-5-13(6-8-14)25-19(27)18-15(10-16(21)22)20(18,3)4/h5-10,15,18H,1-4H3,(H,25,27)(H,23,24,26)/t15-,18+/m0/s1. The molecule has 1 aromatic heterocycles. The lowest BCUT2D eigenvalue weighted by atomic mass is 10.1. The molecule has 1 amide bonds. The first kappa shape index (κ1) is 22.5. The van der Waals surface area contributed by atoms with Crippen molar-refractivity contribution in [1.29, 1.82) is 0 Å². The van der Waals surface area contributed by atoms with Crippen molar-refractivity contribution in [3.05, 3.63) is 52.4 Å². The zero-order chi connectivity index (χ0) is 22.3. The number of benzene rings is 1. The van der Waals surface area contributed by atoms with E-state index in [1.165, 1.54) is 24.3 Å². The molecular formula is C20H22Cl2N4O3S. The van der Waals surface area contributed by atoms with Crippen LogP contribution in [0.3, 0.4) is 0 Å². The minimum Gasteiger partial charge on any atom is -0.326 e. The number of carbonyl (C=O) groups is 1.